The van der Waals surface area contributed by atoms with Gasteiger partial charge < -0.3 is 4.74 Å². The van der Waals surface area contributed by atoms with Crippen molar-refractivity contribution in [1.82, 2.24) is 10.6 Å². The molecule has 0 bridgehead atoms. The molecule has 2 N–H and O–H groups in total. The summed E-state index contributed by atoms with van der Waals surface area (Å²) in [4.78, 5) is 0. The molecule has 3 heteroatoms. The van der Waals surface area contributed by atoms with E-state index in [1.54, 1.807) is 5.56 Å². The molecule has 0 spiro atoms. The van der Waals surface area contributed by atoms with Crippen LogP contribution in [-0.2, 0) is 10.4 Å². The van der Waals surface area contributed by atoms with E-state index < -0.39 is 0 Å². The molecule has 144 valence electrons. The molecule has 3 fully saturated rings. The smallest absolute Gasteiger partial charge is 0.0980 e. The standard InChI is InChI=1S/C23H36N2O/c1-26-22-16-24-23(25-17-22,20-10-6-3-7-11-20)21-14-12-19(13-15-21)18-8-4-2-5-9-18/h12-15,18,20,22,24-25H,2-11,16-17H2,1H3. The third-order valence-electron chi connectivity index (χ3n) is 7.21. The fourth-order valence-electron chi connectivity index (χ4n) is 5.57. The minimum Gasteiger partial charge on any atom is -0.379 e. The molecule has 1 aliphatic heterocycles. The number of benzene rings is 1. The summed E-state index contributed by atoms with van der Waals surface area (Å²) >= 11 is 0. The van der Waals surface area contributed by atoms with Gasteiger partial charge in [-0.2, -0.15) is 0 Å². The quantitative estimate of drug-likeness (QED) is 0.822. The summed E-state index contributed by atoms with van der Waals surface area (Å²) < 4.78 is 5.58. The van der Waals surface area contributed by atoms with Crippen molar-refractivity contribution in [3.63, 3.8) is 0 Å². The van der Waals surface area contributed by atoms with Crippen LogP contribution in [-0.4, -0.2) is 26.3 Å². The molecule has 0 radical (unpaired) electrons. The highest BCUT2D eigenvalue weighted by atomic mass is 16.5. The van der Waals surface area contributed by atoms with E-state index in [1.807, 2.05) is 7.11 Å². The second-order valence-electron chi connectivity index (χ2n) is 8.72. The van der Waals surface area contributed by atoms with Crippen LogP contribution in [0.5, 0.6) is 0 Å². The average Bonchev–Trinajstić information content (AvgIpc) is 2.75. The molecule has 1 heterocycles. The lowest BCUT2D eigenvalue weighted by atomic mass is 9.74. The van der Waals surface area contributed by atoms with Crippen LogP contribution < -0.4 is 10.6 Å². The van der Waals surface area contributed by atoms with Gasteiger partial charge in [0.25, 0.3) is 0 Å². The van der Waals surface area contributed by atoms with E-state index in [1.165, 1.54) is 69.8 Å². The Labute approximate surface area is 159 Å². The third-order valence-corrected chi connectivity index (χ3v) is 7.21. The molecule has 1 aromatic rings. The zero-order chi connectivity index (χ0) is 17.8. The Morgan fingerprint density at radius 1 is 0.808 bits per heavy atom. The Morgan fingerprint density at radius 3 is 1.96 bits per heavy atom. The highest BCUT2D eigenvalue weighted by molar-refractivity contribution is 5.32. The molecular formula is C23H36N2O. The summed E-state index contributed by atoms with van der Waals surface area (Å²) in [6, 6.07) is 9.65. The predicted octanol–water partition coefficient (Wildman–Crippen LogP) is 4.68. The number of rotatable bonds is 4. The molecule has 26 heavy (non-hydrogen) atoms. The Kier molecular flexibility index (Phi) is 5.97. The molecule has 2 aliphatic carbocycles. The third kappa shape index (κ3) is 3.72. The molecule has 3 aliphatic rings. The number of hydrogen-bond acceptors (Lipinski definition) is 3. The van der Waals surface area contributed by atoms with Gasteiger partial charge in [-0.05, 0) is 48.6 Å². The normalized spacial score (nSPS) is 31.8. The summed E-state index contributed by atoms with van der Waals surface area (Å²) in [7, 11) is 1.82. The Bertz CT molecular complexity index is 550. The fourth-order valence-corrected chi connectivity index (χ4v) is 5.57. The van der Waals surface area contributed by atoms with Crippen molar-refractivity contribution < 1.29 is 4.74 Å². The van der Waals surface area contributed by atoms with Crippen molar-refractivity contribution >= 4 is 0 Å². The summed E-state index contributed by atoms with van der Waals surface area (Å²) in [5.41, 5.74) is 2.91. The molecule has 2 saturated carbocycles. The van der Waals surface area contributed by atoms with Crippen molar-refractivity contribution in [2.45, 2.75) is 81.9 Å². The van der Waals surface area contributed by atoms with E-state index in [2.05, 4.69) is 34.9 Å². The molecule has 0 amide bonds. The summed E-state index contributed by atoms with van der Waals surface area (Å²) in [6.07, 6.45) is 14.0. The first kappa shape index (κ1) is 18.5. The summed E-state index contributed by atoms with van der Waals surface area (Å²) in [5.74, 6) is 1.46. The Morgan fingerprint density at radius 2 is 1.38 bits per heavy atom. The van der Waals surface area contributed by atoms with E-state index >= 15 is 0 Å². The van der Waals surface area contributed by atoms with Crippen LogP contribution in [0.15, 0.2) is 24.3 Å². The maximum atomic E-state index is 5.58. The van der Waals surface area contributed by atoms with Crippen molar-refractivity contribution in [2.24, 2.45) is 5.92 Å². The van der Waals surface area contributed by atoms with Crippen LogP contribution in [0.2, 0.25) is 0 Å². The zero-order valence-corrected chi connectivity index (χ0v) is 16.4. The molecule has 0 aromatic heterocycles. The molecule has 0 unspecified atom stereocenters. The SMILES string of the molecule is COC1CNC(c2ccc(C3CCCCC3)cc2)(C2CCCCC2)NC1. The van der Waals surface area contributed by atoms with Crippen molar-refractivity contribution in [3.05, 3.63) is 35.4 Å². The van der Waals surface area contributed by atoms with Crippen LogP contribution in [0.1, 0.15) is 81.3 Å². The van der Waals surface area contributed by atoms with Gasteiger partial charge in [-0.15, -0.1) is 0 Å². The minimum atomic E-state index is -0.0689. The van der Waals surface area contributed by atoms with Gasteiger partial charge in [0.15, 0.2) is 0 Å². The second kappa shape index (κ2) is 8.41. The maximum absolute atomic E-state index is 5.58. The van der Waals surface area contributed by atoms with E-state index in [0.29, 0.717) is 5.92 Å². The molecule has 4 rings (SSSR count). The van der Waals surface area contributed by atoms with E-state index in [9.17, 15) is 0 Å². The first-order valence-electron chi connectivity index (χ1n) is 10.9. The fraction of sp³-hybridized carbons (Fsp3) is 0.739. The van der Waals surface area contributed by atoms with Gasteiger partial charge in [-0.1, -0.05) is 62.8 Å². The van der Waals surface area contributed by atoms with Crippen LogP contribution >= 0.6 is 0 Å². The monoisotopic (exact) mass is 356 g/mol. The van der Waals surface area contributed by atoms with Gasteiger partial charge >= 0.3 is 0 Å². The van der Waals surface area contributed by atoms with Crippen molar-refractivity contribution in [1.29, 1.82) is 0 Å². The van der Waals surface area contributed by atoms with Gasteiger partial charge in [0, 0.05) is 20.2 Å². The number of nitrogens with one attached hydrogen (secondary N) is 2. The lowest BCUT2D eigenvalue weighted by Gasteiger charge is -2.48. The zero-order valence-electron chi connectivity index (χ0n) is 16.4. The molecule has 1 saturated heterocycles. The summed E-state index contributed by atoms with van der Waals surface area (Å²) in [6.45, 7) is 1.87. The van der Waals surface area contributed by atoms with Gasteiger partial charge in [0.05, 0.1) is 11.8 Å². The van der Waals surface area contributed by atoms with Crippen molar-refractivity contribution in [3.8, 4) is 0 Å². The lowest BCUT2D eigenvalue weighted by molar-refractivity contribution is 0.0144. The maximum Gasteiger partial charge on any atom is 0.0980 e. The molecule has 1 aromatic carbocycles. The number of hydrogen-bond donors (Lipinski definition) is 2. The second-order valence-corrected chi connectivity index (χ2v) is 8.72. The highest BCUT2D eigenvalue weighted by Gasteiger charge is 2.43. The van der Waals surface area contributed by atoms with Gasteiger partial charge in [-0.25, -0.2) is 0 Å². The first-order chi connectivity index (χ1) is 12.8. The minimum absolute atomic E-state index is 0.0689. The van der Waals surface area contributed by atoms with E-state index in [-0.39, 0.29) is 11.8 Å². The number of ether oxygens (including phenoxy) is 1. The Balaban J connectivity index is 1.57. The first-order valence-corrected chi connectivity index (χ1v) is 10.9. The van der Waals surface area contributed by atoms with E-state index in [0.717, 1.165) is 19.0 Å². The molecular weight excluding hydrogens is 320 g/mol. The average molecular weight is 357 g/mol. The highest BCUT2D eigenvalue weighted by Crippen LogP contribution is 2.40. The number of methoxy groups -OCH3 is 1. The van der Waals surface area contributed by atoms with Crippen LogP contribution in [0, 0.1) is 5.92 Å². The van der Waals surface area contributed by atoms with Crippen LogP contribution in [0.25, 0.3) is 0 Å². The van der Waals surface area contributed by atoms with Crippen LogP contribution in [0.4, 0.5) is 0 Å². The van der Waals surface area contributed by atoms with Gasteiger partial charge in [0.2, 0.25) is 0 Å². The van der Waals surface area contributed by atoms with E-state index in [4.69, 9.17) is 4.74 Å². The Hall–Kier alpha value is -0.900. The van der Waals surface area contributed by atoms with Gasteiger partial charge in [0.1, 0.15) is 0 Å². The van der Waals surface area contributed by atoms with Crippen molar-refractivity contribution in [2.75, 3.05) is 20.2 Å². The molecule has 0 atom stereocenters. The molecule has 3 nitrogen and oxygen atoms in total. The largest absolute Gasteiger partial charge is 0.379 e. The topological polar surface area (TPSA) is 33.3 Å². The van der Waals surface area contributed by atoms with Gasteiger partial charge in [-0.3, -0.25) is 10.6 Å². The lowest BCUT2D eigenvalue weighted by Crippen LogP contribution is -2.66. The summed E-state index contributed by atoms with van der Waals surface area (Å²) in [5, 5.41) is 7.77. The van der Waals surface area contributed by atoms with Crippen LogP contribution in [0.3, 0.4) is 0 Å². The predicted molar refractivity (Wildman–Crippen MR) is 107 cm³/mol.